The minimum atomic E-state index is -0.804. The highest BCUT2D eigenvalue weighted by atomic mass is 35.5. The molecule has 6 nitrogen and oxygen atoms in total. The smallest absolute Gasteiger partial charge is 0.193 e. The van der Waals surface area contributed by atoms with Gasteiger partial charge in [0.1, 0.15) is 11.9 Å². The van der Waals surface area contributed by atoms with Crippen molar-refractivity contribution in [2.45, 2.75) is 12.5 Å². The van der Waals surface area contributed by atoms with Crippen molar-refractivity contribution in [3.63, 3.8) is 0 Å². The Morgan fingerprint density at radius 1 is 1.60 bits per heavy atom. The van der Waals surface area contributed by atoms with Gasteiger partial charge in [-0.3, -0.25) is 0 Å². The van der Waals surface area contributed by atoms with Crippen LogP contribution >= 0.6 is 11.6 Å². The molecule has 0 saturated heterocycles. The van der Waals surface area contributed by atoms with Crippen LogP contribution in [-0.4, -0.2) is 25.3 Å². The van der Waals surface area contributed by atoms with Crippen LogP contribution < -0.4 is 0 Å². The number of aromatic nitrogens is 4. The summed E-state index contributed by atoms with van der Waals surface area (Å²) in [5, 5.41) is 21.3. The quantitative estimate of drug-likeness (QED) is 0.838. The van der Waals surface area contributed by atoms with Gasteiger partial charge in [-0.15, -0.1) is 10.2 Å². The van der Waals surface area contributed by atoms with Crippen molar-refractivity contribution in [2.75, 3.05) is 0 Å². The Morgan fingerprint density at radius 2 is 2.40 bits per heavy atom. The largest absolute Gasteiger partial charge is 0.447 e. The van der Waals surface area contributed by atoms with Crippen LogP contribution in [0.5, 0.6) is 0 Å². The van der Waals surface area contributed by atoms with Crippen LogP contribution in [-0.2, 0) is 13.5 Å². The zero-order valence-corrected chi connectivity index (χ0v) is 8.72. The molecule has 0 aliphatic heterocycles. The average Bonchev–Trinajstić information content (AvgIpc) is 2.75. The van der Waals surface area contributed by atoms with Gasteiger partial charge in [0.05, 0.1) is 7.05 Å². The normalized spacial score (nSPS) is 13.0. The Hall–Kier alpha value is -1.40. The fraction of sp³-hybridized carbons (Fsp3) is 0.375. The molecule has 2 heterocycles. The zero-order valence-electron chi connectivity index (χ0n) is 7.96. The Morgan fingerprint density at radius 3 is 2.93 bits per heavy atom. The number of aliphatic hydroxyl groups is 1. The third-order valence-electron chi connectivity index (χ3n) is 1.85. The van der Waals surface area contributed by atoms with Gasteiger partial charge in [-0.1, -0.05) is 0 Å². The van der Waals surface area contributed by atoms with E-state index in [0.717, 1.165) is 0 Å². The molecule has 80 valence electrons. The molecule has 1 N–H and O–H groups in total. The van der Waals surface area contributed by atoms with Gasteiger partial charge in [0.25, 0.3) is 0 Å². The summed E-state index contributed by atoms with van der Waals surface area (Å²) in [5.41, 5.74) is 0. The van der Waals surface area contributed by atoms with Crippen molar-refractivity contribution in [3.8, 4) is 0 Å². The summed E-state index contributed by atoms with van der Waals surface area (Å²) in [5.74, 6) is 0.852. The molecule has 7 heteroatoms. The van der Waals surface area contributed by atoms with Gasteiger partial charge in [0.15, 0.2) is 11.0 Å². The third kappa shape index (κ3) is 2.34. The van der Waals surface area contributed by atoms with Crippen molar-refractivity contribution in [3.05, 3.63) is 28.9 Å². The molecule has 0 fully saturated rings. The van der Waals surface area contributed by atoms with Crippen molar-refractivity contribution < 1.29 is 9.52 Å². The number of nitrogens with zero attached hydrogens (tertiary/aromatic N) is 4. The lowest BCUT2D eigenvalue weighted by Gasteiger charge is -2.02. The molecule has 2 rings (SSSR count). The van der Waals surface area contributed by atoms with E-state index in [1.54, 1.807) is 19.2 Å². The van der Waals surface area contributed by atoms with Crippen LogP contribution in [0.25, 0.3) is 0 Å². The summed E-state index contributed by atoms with van der Waals surface area (Å²) in [4.78, 5) is 1.33. The van der Waals surface area contributed by atoms with Gasteiger partial charge >= 0.3 is 0 Å². The Bertz CT molecular complexity index is 453. The maximum Gasteiger partial charge on any atom is 0.193 e. The van der Waals surface area contributed by atoms with E-state index in [1.165, 1.54) is 4.80 Å². The summed E-state index contributed by atoms with van der Waals surface area (Å²) in [7, 11) is 1.66. The maximum atomic E-state index is 9.73. The predicted octanol–water partition coefficient (Wildman–Crippen LogP) is 0.733. The van der Waals surface area contributed by atoms with Gasteiger partial charge in [-0.05, 0) is 28.9 Å². The standard InChI is InChI=1S/C8H9ClN4O2/c1-13-11-8(10-12-13)4-5(14)6-2-3-7(9)15-6/h2-3,5,14H,4H2,1H3. The number of hydrogen-bond donors (Lipinski definition) is 1. The number of tetrazole rings is 1. The maximum absolute atomic E-state index is 9.73. The lowest BCUT2D eigenvalue weighted by Crippen LogP contribution is -2.02. The Labute approximate surface area is 90.5 Å². The first-order valence-corrected chi connectivity index (χ1v) is 4.69. The van der Waals surface area contributed by atoms with Gasteiger partial charge in [0.2, 0.25) is 0 Å². The highest BCUT2D eigenvalue weighted by molar-refractivity contribution is 6.28. The molecule has 2 aromatic heterocycles. The fourth-order valence-corrected chi connectivity index (χ4v) is 1.34. The lowest BCUT2D eigenvalue weighted by atomic mass is 10.2. The number of aryl methyl sites for hydroxylation is 1. The number of hydrogen-bond acceptors (Lipinski definition) is 5. The van der Waals surface area contributed by atoms with Gasteiger partial charge < -0.3 is 9.52 Å². The van der Waals surface area contributed by atoms with E-state index in [1.807, 2.05) is 0 Å². The van der Waals surface area contributed by atoms with Crippen molar-refractivity contribution in [1.29, 1.82) is 0 Å². The molecule has 15 heavy (non-hydrogen) atoms. The molecule has 1 atom stereocenters. The van der Waals surface area contributed by atoms with Crippen LogP contribution in [0.15, 0.2) is 16.5 Å². The molecular formula is C8H9ClN4O2. The molecule has 0 aromatic carbocycles. The first-order chi connectivity index (χ1) is 7.15. The van der Waals surface area contributed by atoms with Crippen LogP contribution in [0.2, 0.25) is 5.22 Å². The SMILES string of the molecule is Cn1nnc(CC(O)c2ccc(Cl)o2)n1. The number of halogens is 1. The van der Waals surface area contributed by atoms with Gasteiger partial charge in [0, 0.05) is 6.42 Å². The van der Waals surface area contributed by atoms with Crippen molar-refractivity contribution in [2.24, 2.45) is 7.05 Å². The molecular weight excluding hydrogens is 220 g/mol. The lowest BCUT2D eigenvalue weighted by molar-refractivity contribution is 0.148. The summed E-state index contributed by atoms with van der Waals surface area (Å²) in [6.45, 7) is 0. The Kier molecular flexibility index (Phi) is 2.70. The van der Waals surface area contributed by atoms with Gasteiger partial charge in [-0.25, -0.2) is 0 Å². The van der Waals surface area contributed by atoms with E-state index in [4.69, 9.17) is 16.0 Å². The first-order valence-electron chi connectivity index (χ1n) is 4.31. The summed E-state index contributed by atoms with van der Waals surface area (Å²) in [6.07, 6.45) is -0.556. The second-order valence-corrected chi connectivity index (χ2v) is 3.43. The second kappa shape index (κ2) is 4.00. The first kappa shape index (κ1) is 10.1. The molecule has 0 saturated carbocycles. The third-order valence-corrected chi connectivity index (χ3v) is 2.05. The molecule has 2 aromatic rings. The van der Waals surface area contributed by atoms with Crippen LogP contribution in [0.3, 0.4) is 0 Å². The zero-order chi connectivity index (χ0) is 10.8. The molecule has 0 aliphatic carbocycles. The minimum absolute atomic E-state index is 0.246. The Balaban J connectivity index is 2.06. The van der Waals surface area contributed by atoms with Crippen molar-refractivity contribution >= 4 is 11.6 Å². The van der Waals surface area contributed by atoms with E-state index < -0.39 is 6.10 Å². The van der Waals surface area contributed by atoms with Crippen LogP contribution in [0.4, 0.5) is 0 Å². The minimum Gasteiger partial charge on any atom is -0.447 e. The van der Waals surface area contributed by atoms with E-state index in [0.29, 0.717) is 11.6 Å². The highest BCUT2D eigenvalue weighted by Gasteiger charge is 2.15. The topological polar surface area (TPSA) is 77.0 Å². The van der Waals surface area contributed by atoms with Crippen molar-refractivity contribution in [1.82, 2.24) is 20.2 Å². The fourth-order valence-electron chi connectivity index (χ4n) is 1.19. The molecule has 0 spiro atoms. The average molecular weight is 229 g/mol. The summed E-state index contributed by atoms with van der Waals surface area (Å²) >= 11 is 5.59. The molecule has 0 bridgehead atoms. The second-order valence-electron chi connectivity index (χ2n) is 3.06. The van der Waals surface area contributed by atoms with E-state index in [2.05, 4.69) is 15.4 Å². The van der Waals surface area contributed by atoms with E-state index >= 15 is 0 Å². The summed E-state index contributed by atoms with van der Waals surface area (Å²) in [6, 6.07) is 3.19. The highest BCUT2D eigenvalue weighted by Crippen LogP contribution is 2.21. The van der Waals surface area contributed by atoms with E-state index in [9.17, 15) is 5.11 Å². The summed E-state index contributed by atoms with van der Waals surface area (Å²) < 4.78 is 5.06. The number of rotatable bonds is 3. The molecule has 0 amide bonds. The van der Waals surface area contributed by atoms with Gasteiger partial charge in [-0.2, -0.15) is 4.80 Å². The van der Waals surface area contributed by atoms with Crippen LogP contribution in [0, 0.1) is 0 Å². The molecule has 0 radical (unpaired) electrons. The number of aliphatic hydroxyl groups excluding tert-OH is 1. The number of furan rings is 1. The molecule has 1 unspecified atom stereocenters. The van der Waals surface area contributed by atoms with Crippen LogP contribution in [0.1, 0.15) is 17.7 Å². The van der Waals surface area contributed by atoms with E-state index in [-0.39, 0.29) is 11.6 Å². The monoisotopic (exact) mass is 228 g/mol. The molecule has 0 aliphatic rings. The predicted molar refractivity (Wildman–Crippen MR) is 51.2 cm³/mol.